The van der Waals surface area contributed by atoms with Gasteiger partial charge >= 0.3 is 0 Å². The maximum Gasteiger partial charge on any atom is 0.235 e. The molecule has 1 aliphatic carbocycles. The second-order valence-corrected chi connectivity index (χ2v) is 6.33. The first kappa shape index (κ1) is 12.8. The number of aromatic nitrogens is 3. The molecule has 0 radical (unpaired) electrons. The number of hydrogen-bond donors (Lipinski definition) is 0. The molecule has 23 heavy (non-hydrogen) atoms. The Morgan fingerprint density at radius 1 is 1.22 bits per heavy atom. The monoisotopic (exact) mass is 304 g/mol. The van der Waals surface area contributed by atoms with Crippen molar-refractivity contribution < 1.29 is 4.79 Å². The largest absolute Gasteiger partial charge is 0.308 e. The van der Waals surface area contributed by atoms with E-state index in [2.05, 4.69) is 9.97 Å². The number of anilines is 1. The predicted octanol–water partition coefficient (Wildman–Crippen LogP) is 2.56. The van der Waals surface area contributed by atoms with E-state index >= 15 is 0 Å². The fourth-order valence-electron chi connectivity index (χ4n) is 3.51. The van der Waals surface area contributed by atoms with Gasteiger partial charge in [-0.2, -0.15) is 0 Å². The van der Waals surface area contributed by atoms with Gasteiger partial charge in [-0.3, -0.25) is 9.78 Å². The second kappa shape index (κ2) is 4.65. The van der Waals surface area contributed by atoms with Gasteiger partial charge in [0.05, 0.1) is 17.3 Å². The summed E-state index contributed by atoms with van der Waals surface area (Å²) in [5.74, 6) is 0.0387. The molecule has 5 rings (SSSR count). The maximum atomic E-state index is 12.9. The lowest BCUT2D eigenvalue weighted by molar-refractivity contribution is -0.119. The number of carbonyl (C=O) groups excluding carboxylic acids is 1. The molecule has 1 amide bonds. The van der Waals surface area contributed by atoms with E-state index in [1.54, 1.807) is 6.20 Å². The summed E-state index contributed by atoms with van der Waals surface area (Å²) in [5.41, 5.74) is 3.95. The molecule has 1 unspecified atom stereocenters. The van der Waals surface area contributed by atoms with E-state index in [1.807, 2.05) is 52.2 Å². The van der Waals surface area contributed by atoms with Gasteiger partial charge in [0, 0.05) is 42.8 Å². The fourth-order valence-corrected chi connectivity index (χ4v) is 3.51. The third-order valence-electron chi connectivity index (χ3n) is 4.74. The molecule has 3 aromatic rings. The summed E-state index contributed by atoms with van der Waals surface area (Å²) in [6, 6.07) is 8.28. The molecule has 5 nitrogen and oxygen atoms in total. The van der Waals surface area contributed by atoms with Crippen LogP contribution < -0.4 is 4.90 Å². The number of amides is 1. The number of hydrogen-bond acceptors (Lipinski definition) is 3. The Labute approximate surface area is 133 Å². The average Bonchev–Trinajstić information content (AvgIpc) is 3.25. The van der Waals surface area contributed by atoms with E-state index < -0.39 is 0 Å². The van der Waals surface area contributed by atoms with Crippen molar-refractivity contribution in [2.45, 2.75) is 31.2 Å². The fraction of sp³-hybridized carbons (Fsp3) is 0.278. The summed E-state index contributed by atoms with van der Waals surface area (Å²) in [4.78, 5) is 23.8. The van der Waals surface area contributed by atoms with Crippen molar-refractivity contribution in [2.75, 3.05) is 4.90 Å². The van der Waals surface area contributed by atoms with Gasteiger partial charge < -0.3 is 9.30 Å². The lowest BCUT2D eigenvalue weighted by Gasteiger charge is -2.16. The molecule has 0 N–H and O–H groups in total. The van der Waals surface area contributed by atoms with Gasteiger partial charge in [0.2, 0.25) is 5.91 Å². The predicted molar refractivity (Wildman–Crippen MR) is 86.4 cm³/mol. The third kappa shape index (κ3) is 1.96. The van der Waals surface area contributed by atoms with E-state index in [0.717, 1.165) is 35.4 Å². The molecule has 2 aliphatic rings. The summed E-state index contributed by atoms with van der Waals surface area (Å²) in [6.07, 6.45) is 10.4. The van der Waals surface area contributed by atoms with E-state index in [0.29, 0.717) is 12.5 Å². The van der Waals surface area contributed by atoms with Crippen LogP contribution in [0.4, 0.5) is 5.69 Å². The molecule has 1 saturated carbocycles. The van der Waals surface area contributed by atoms with Crippen molar-refractivity contribution in [1.82, 2.24) is 14.4 Å². The van der Waals surface area contributed by atoms with Crippen LogP contribution in [0, 0.1) is 0 Å². The Hall–Kier alpha value is -2.69. The molecule has 1 fully saturated rings. The van der Waals surface area contributed by atoms with Crippen molar-refractivity contribution >= 4 is 17.2 Å². The molecule has 5 heteroatoms. The van der Waals surface area contributed by atoms with Crippen molar-refractivity contribution in [3.05, 3.63) is 60.3 Å². The maximum absolute atomic E-state index is 12.9. The Morgan fingerprint density at radius 2 is 2.13 bits per heavy atom. The molecule has 4 heterocycles. The summed E-state index contributed by atoms with van der Waals surface area (Å²) < 4.78 is 2.00. The van der Waals surface area contributed by atoms with Crippen LogP contribution in [0.3, 0.4) is 0 Å². The van der Waals surface area contributed by atoms with Gasteiger partial charge in [-0.15, -0.1) is 0 Å². The Kier molecular flexibility index (Phi) is 2.59. The molecule has 1 aliphatic heterocycles. The zero-order valence-electron chi connectivity index (χ0n) is 12.6. The zero-order valence-corrected chi connectivity index (χ0v) is 12.6. The van der Waals surface area contributed by atoms with E-state index in [1.165, 1.54) is 0 Å². The molecule has 0 spiro atoms. The Balaban J connectivity index is 1.53. The third-order valence-corrected chi connectivity index (χ3v) is 4.74. The smallest absolute Gasteiger partial charge is 0.235 e. The molecule has 1 atom stereocenters. The number of nitrogens with zero attached hydrogens (tertiary/aromatic N) is 4. The number of imidazole rings is 1. The Morgan fingerprint density at radius 3 is 2.96 bits per heavy atom. The minimum atomic E-state index is -0.163. The highest BCUT2D eigenvalue weighted by atomic mass is 16.2. The van der Waals surface area contributed by atoms with Crippen LogP contribution in [-0.4, -0.2) is 26.3 Å². The minimum Gasteiger partial charge on any atom is -0.308 e. The number of rotatable bonds is 3. The van der Waals surface area contributed by atoms with Crippen LogP contribution in [0.15, 0.2) is 49.1 Å². The van der Waals surface area contributed by atoms with E-state index in [4.69, 9.17) is 0 Å². The second-order valence-electron chi connectivity index (χ2n) is 6.33. The van der Waals surface area contributed by atoms with Crippen molar-refractivity contribution in [3.63, 3.8) is 0 Å². The molecule has 3 aromatic heterocycles. The van der Waals surface area contributed by atoms with Gasteiger partial charge in [0.15, 0.2) is 0 Å². The highest BCUT2D eigenvalue weighted by Crippen LogP contribution is 2.44. The van der Waals surface area contributed by atoms with Gasteiger partial charge in [-0.1, -0.05) is 6.07 Å². The molecule has 0 saturated heterocycles. The minimum absolute atomic E-state index is 0.163. The van der Waals surface area contributed by atoms with Gasteiger partial charge in [0.1, 0.15) is 5.65 Å². The summed E-state index contributed by atoms with van der Waals surface area (Å²) >= 11 is 0. The first-order chi connectivity index (χ1) is 11.3. The standard InChI is InChI=1S/C18H16N4O/c23-18-14(9-12-11-21-8-2-1-3-17(21)20-12)15-10-19-7-6-16(15)22(18)13-4-5-13/h1-3,6-8,10-11,13-14H,4-5,9H2. The first-order valence-corrected chi connectivity index (χ1v) is 8.01. The lowest BCUT2D eigenvalue weighted by atomic mass is 9.97. The molecule has 0 aromatic carbocycles. The van der Waals surface area contributed by atoms with Crippen LogP contribution in [0.25, 0.3) is 5.65 Å². The summed E-state index contributed by atoms with van der Waals surface area (Å²) in [7, 11) is 0. The highest BCUT2D eigenvalue weighted by Gasteiger charge is 2.44. The van der Waals surface area contributed by atoms with Crippen LogP contribution in [0.5, 0.6) is 0 Å². The van der Waals surface area contributed by atoms with E-state index in [-0.39, 0.29) is 11.8 Å². The van der Waals surface area contributed by atoms with Gasteiger partial charge in [-0.25, -0.2) is 4.98 Å². The quantitative estimate of drug-likeness (QED) is 0.747. The van der Waals surface area contributed by atoms with Crippen LogP contribution >= 0.6 is 0 Å². The molecule has 0 bridgehead atoms. The van der Waals surface area contributed by atoms with E-state index in [9.17, 15) is 4.79 Å². The molecule has 114 valence electrons. The molecular weight excluding hydrogens is 288 g/mol. The molecular formula is C18H16N4O. The lowest BCUT2D eigenvalue weighted by Crippen LogP contribution is -2.31. The van der Waals surface area contributed by atoms with Crippen LogP contribution in [0.2, 0.25) is 0 Å². The van der Waals surface area contributed by atoms with Crippen molar-refractivity contribution in [3.8, 4) is 0 Å². The summed E-state index contributed by atoms with van der Waals surface area (Å²) in [6.45, 7) is 0. The highest BCUT2D eigenvalue weighted by molar-refractivity contribution is 6.05. The van der Waals surface area contributed by atoms with Crippen molar-refractivity contribution in [1.29, 1.82) is 0 Å². The van der Waals surface area contributed by atoms with Gasteiger partial charge in [0.25, 0.3) is 0 Å². The topological polar surface area (TPSA) is 50.5 Å². The first-order valence-electron chi connectivity index (χ1n) is 8.01. The normalized spacial score (nSPS) is 20.3. The summed E-state index contributed by atoms with van der Waals surface area (Å²) in [5, 5.41) is 0. The van der Waals surface area contributed by atoms with Crippen LogP contribution in [0.1, 0.15) is 30.0 Å². The Bertz CT molecular complexity index is 879. The van der Waals surface area contributed by atoms with Gasteiger partial charge in [-0.05, 0) is 31.0 Å². The number of pyridine rings is 2. The van der Waals surface area contributed by atoms with Crippen LogP contribution in [-0.2, 0) is 11.2 Å². The number of carbonyl (C=O) groups is 1. The average molecular weight is 304 g/mol. The number of fused-ring (bicyclic) bond motifs is 2. The zero-order chi connectivity index (χ0) is 15.4. The SMILES string of the molecule is O=C1C(Cc2cn3ccccc3n2)c2cnccc2N1C1CC1. The van der Waals surface area contributed by atoms with Crippen molar-refractivity contribution in [2.24, 2.45) is 0 Å².